The molecule has 2 aliphatic rings. The topological polar surface area (TPSA) is 85.4 Å². The van der Waals surface area contributed by atoms with Crippen molar-refractivity contribution in [3.05, 3.63) is 41.0 Å². The number of likely N-dealkylation sites (tertiary alicyclic amines) is 1. The number of H-pyrrole nitrogens is 1. The molecule has 4 heterocycles. The largest absolute Gasteiger partial charge is 0.396 e. The predicted molar refractivity (Wildman–Crippen MR) is 113 cm³/mol. The van der Waals surface area contributed by atoms with Crippen LogP contribution in [0, 0.1) is 18.3 Å². The zero-order valence-corrected chi connectivity index (χ0v) is 17.3. The van der Waals surface area contributed by atoms with Crippen LogP contribution < -0.4 is 4.90 Å². The third-order valence-electron chi connectivity index (χ3n) is 6.50. The molecule has 2 aromatic heterocycles. The third-order valence-corrected chi connectivity index (χ3v) is 7.40. The second-order valence-corrected chi connectivity index (χ2v) is 9.50. The normalized spacial score (nSPS) is 23.9. The Kier molecular flexibility index (Phi) is 4.55. The first-order valence-electron chi connectivity index (χ1n) is 10.1. The molecule has 0 spiro atoms. The Morgan fingerprint density at radius 3 is 2.93 bits per heavy atom. The van der Waals surface area contributed by atoms with Gasteiger partial charge in [-0.15, -0.1) is 10.2 Å². The first-order valence-corrected chi connectivity index (χ1v) is 10.9. The number of aromatic nitrogens is 3. The highest BCUT2D eigenvalue weighted by molar-refractivity contribution is 7.15. The van der Waals surface area contributed by atoms with Crippen molar-refractivity contribution in [3.63, 3.8) is 0 Å². The number of nitrogens with one attached hydrogen (secondary N) is 1. The molecule has 29 heavy (non-hydrogen) atoms. The molecule has 1 aromatic carbocycles. The lowest BCUT2D eigenvalue weighted by Crippen LogP contribution is -2.39. The quantitative estimate of drug-likeness (QED) is 0.672. The van der Waals surface area contributed by atoms with Crippen LogP contribution in [0.3, 0.4) is 0 Å². The fourth-order valence-electron chi connectivity index (χ4n) is 4.89. The minimum absolute atomic E-state index is 0.0954. The number of aliphatic hydroxyl groups is 1. The van der Waals surface area contributed by atoms with Gasteiger partial charge in [0.2, 0.25) is 11.0 Å². The third kappa shape index (κ3) is 3.20. The number of benzene rings is 1. The van der Waals surface area contributed by atoms with Gasteiger partial charge in [0.15, 0.2) is 0 Å². The fraction of sp³-hybridized carbons (Fsp3) is 0.476. The van der Waals surface area contributed by atoms with Crippen molar-refractivity contribution in [2.75, 3.05) is 37.7 Å². The van der Waals surface area contributed by atoms with Crippen LogP contribution in [0.5, 0.6) is 0 Å². The van der Waals surface area contributed by atoms with Gasteiger partial charge < -0.3 is 19.9 Å². The smallest absolute Gasteiger partial charge is 0.222 e. The number of hydrogen-bond acceptors (Lipinski definition) is 6. The molecule has 5 rings (SSSR count). The maximum absolute atomic E-state index is 12.9. The lowest BCUT2D eigenvalue weighted by atomic mass is 9.82. The monoisotopic (exact) mass is 411 g/mol. The number of amides is 1. The van der Waals surface area contributed by atoms with E-state index in [1.54, 1.807) is 11.3 Å². The Bertz CT molecular complexity index is 1050. The summed E-state index contributed by atoms with van der Waals surface area (Å²) in [4.78, 5) is 20.4. The van der Waals surface area contributed by atoms with E-state index in [-0.39, 0.29) is 23.8 Å². The van der Waals surface area contributed by atoms with Gasteiger partial charge >= 0.3 is 0 Å². The molecule has 1 amide bonds. The molecule has 2 aliphatic heterocycles. The highest BCUT2D eigenvalue weighted by atomic mass is 32.1. The second kappa shape index (κ2) is 7.11. The average Bonchev–Trinajstić information content (AvgIpc) is 3.47. The standard InChI is InChI=1S/C21H25N5O2S/c1-14-23-24-20(29-14)26-10-16-9-25(11-21(16,12-26)13-27)19(28)7-6-15-8-22-18-5-3-2-4-17(15)18/h2-5,8,16,22,27H,6-7,9-13H2,1H3/t16-,21+/m1/s1. The highest BCUT2D eigenvalue weighted by Gasteiger charge is 2.53. The van der Waals surface area contributed by atoms with E-state index in [4.69, 9.17) is 0 Å². The Morgan fingerprint density at radius 2 is 2.17 bits per heavy atom. The van der Waals surface area contributed by atoms with Crippen LogP contribution in [0.25, 0.3) is 10.9 Å². The summed E-state index contributed by atoms with van der Waals surface area (Å²) in [5.74, 6) is 0.449. The SMILES string of the molecule is Cc1nnc(N2C[C@H]3CN(C(=O)CCc4c[nH]c5ccccc45)C[C@@]3(CO)C2)s1. The molecule has 0 radical (unpaired) electrons. The number of rotatable bonds is 5. The van der Waals surface area contributed by atoms with E-state index >= 15 is 0 Å². The first kappa shape index (κ1) is 18.6. The second-order valence-electron chi connectivity index (χ2n) is 8.34. The van der Waals surface area contributed by atoms with E-state index in [9.17, 15) is 9.90 Å². The molecule has 8 heteroatoms. The molecular weight excluding hydrogens is 386 g/mol. The first-order chi connectivity index (χ1) is 14.1. The molecular formula is C21H25N5O2S. The molecule has 2 saturated heterocycles. The predicted octanol–water partition coefficient (Wildman–Crippen LogP) is 2.22. The summed E-state index contributed by atoms with van der Waals surface area (Å²) < 4.78 is 0. The molecule has 0 bridgehead atoms. The summed E-state index contributed by atoms with van der Waals surface area (Å²) in [5.41, 5.74) is 2.04. The molecule has 152 valence electrons. The Morgan fingerprint density at radius 1 is 1.31 bits per heavy atom. The van der Waals surface area contributed by atoms with Crippen molar-refractivity contribution < 1.29 is 9.90 Å². The van der Waals surface area contributed by atoms with Gasteiger partial charge in [-0.1, -0.05) is 29.5 Å². The van der Waals surface area contributed by atoms with Crippen molar-refractivity contribution in [2.24, 2.45) is 11.3 Å². The van der Waals surface area contributed by atoms with E-state index in [1.165, 1.54) is 10.9 Å². The van der Waals surface area contributed by atoms with E-state index in [0.717, 1.165) is 35.2 Å². The van der Waals surface area contributed by atoms with E-state index in [1.807, 2.05) is 30.2 Å². The number of aryl methyl sites for hydroxylation is 2. The van der Waals surface area contributed by atoms with Crippen LogP contribution in [0.4, 0.5) is 5.13 Å². The number of nitrogens with zero attached hydrogens (tertiary/aromatic N) is 4. The maximum atomic E-state index is 12.9. The Hall–Kier alpha value is -2.45. The minimum atomic E-state index is -0.254. The van der Waals surface area contributed by atoms with Crippen molar-refractivity contribution in [2.45, 2.75) is 19.8 Å². The number of fused-ring (bicyclic) bond motifs is 2. The van der Waals surface area contributed by atoms with Crippen LogP contribution in [0.1, 0.15) is 17.0 Å². The summed E-state index contributed by atoms with van der Waals surface area (Å²) in [6.07, 6.45) is 3.23. The zero-order chi connectivity index (χ0) is 20.0. The maximum Gasteiger partial charge on any atom is 0.222 e. The van der Waals surface area contributed by atoms with Gasteiger partial charge in [0.05, 0.1) is 6.61 Å². The van der Waals surface area contributed by atoms with Gasteiger partial charge in [-0.25, -0.2) is 0 Å². The summed E-state index contributed by atoms with van der Waals surface area (Å²) in [6, 6.07) is 8.19. The zero-order valence-electron chi connectivity index (χ0n) is 16.5. The van der Waals surface area contributed by atoms with Gasteiger partial charge in [-0.3, -0.25) is 4.79 Å². The van der Waals surface area contributed by atoms with Gasteiger partial charge in [-0.2, -0.15) is 0 Å². The number of aromatic amines is 1. The van der Waals surface area contributed by atoms with Crippen molar-refractivity contribution in [3.8, 4) is 0 Å². The van der Waals surface area contributed by atoms with Gasteiger partial charge in [0.1, 0.15) is 5.01 Å². The van der Waals surface area contributed by atoms with Gasteiger partial charge in [-0.05, 0) is 25.0 Å². The molecule has 0 saturated carbocycles. The summed E-state index contributed by atoms with van der Waals surface area (Å²) >= 11 is 1.59. The number of hydrogen-bond donors (Lipinski definition) is 2. The molecule has 3 aromatic rings. The Balaban J connectivity index is 1.24. The molecule has 0 aliphatic carbocycles. The van der Waals surface area contributed by atoms with Crippen molar-refractivity contribution >= 4 is 33.3 Å². The number of anilines is 1. The number of aliphatic hydroxyl groups excluding tert-OH is 1. The van der Waals surface area contributed by atoms with Crippen LogP contribution in [-0.4, -0.2) is 63.9 Å². The van der Waals surface area contributed by atoms with Gasteiger partial charge in [0, 0.05) is 61.0 Å². The van der Waals surface area contributed by atoms with E-state index in [0.29, 0.717) is 19.5 Å². The number of carbonyl (C=O) groups is 1. The summed E-state index contributed by atoms with van der Waals surface area (Å²) in [6.45, 7) is 4.93. The lowest BCUT2D eigenvalue weighted by Gasteiger charge is -2.27. The van der Waals surface area contributed by atoms with Gasteiger partial charge in [0.25, 0.3) is 0 Å². The molecule has 2 atom stereocenters. The number of para-hydroxylation sites is 1. The Labute approximate surface area is 173 Å². The van der Waals surface area contributed by atoms with Crippen molar-refractivity contribution in [1.29, 1.82) is 0 Å². The van der Waals surface area contributed by atoms with Crippen LogP contribution in [-0.2, 0) is 11.2 Å². The molecule has 2 N–H and O–H groups in total. The van der Waals surface area contributed by atoms with Crippen LogP contribution >= 0.6 is 11.3 Å². The summed E-state index contributed by atoms with van der Waals surface area (Å²) in [5, 5.41) is 21.6. The minimum Gasteiger partial charge on any atom is -0.396 e. The number of carbonyl (C=O) groups excluding carboxylic acids is 1. The average molecular weight is 412 g/mol. The lowest BCUT2D eigenvalue weighted by molar-refractivity contribution is -0.130. The molecule has 0 unspecified atom stereocenters. The van der Waals surface area contributed by atoms with E-state index < -0.39 is 0 Å². The highest BCUT2D eigenvalue weighted by Crippen LogP contribution is 2.44. The van der Waals surface area contributed by atoms with E-state index in [2.05, 4.69) is 32.2 Å². The van der Waals surface area contributed by atoms with Crippen molar-refractivity contribution in [1.82, 2.24) is 20.1 Å². The van der Waals surface area contributed by atoms with Crippen LogP contribution in [0.15, 0.2) is 30.5 Å². The molecule has 2 fully saturated rings. The van der Waals surface area contributed by atoms with Crippen LogP contribution in [0.2, 0.25) is 0 Å². The molecule has 7 nitrogen and oxygen atoms in total. The summed E-state index contributed by atoms with van der Waals surface area (Å²) in [7, 11) is 0. The fourth-order valence-corrected chi connectivity index (χ4v) is 5.59.